The van der Waals surface area contributed by atoms with Gasteiger partial charge in [-0.3, -0.25) is 4.79 Å². The van der Waals surface area contributed by atoms with Gasteiger partial charge in [0.2, 0.25) is 0 Å². The van der Waals surface area contributed by atoms with Crippen molar-refractivity contribution >= 4 is 5.78 Å². The predicted octanol–water partition coefficient (Wildman–Crippen LogP) is 0.816. The summed E-state index contributed by atoms with van der Waals surface area (Å²) in [7, 11) is 0. The average Bonchev–Trinajstić information content (AvgIpc) is 2.64. The lowest BCUT2D eigenvalue weighted by molar-refractivity contribution is -0.122. The lowest BCUT2D eigenvalue weighted by Crippen LogP contribution is -2.16. The third-order valence-electron chi connectivity index (χ3n) is 2.07. The second kappa shape index (κ2) is 2.91. The smallest absolute Gasteiger partial charge is 0.135 e. The van der Waals surface area contributed by atoms with Gasteiger partial charge in [-0.1, -0.05) is 13.8 Å². The summed E-state index contributed by atoms with van der Waals surface area (Å²) in [6.07, 6.45) is 1.57. The molecule has 2 N–H and O–H groups in total. The molecule has 0 unspecified atom stereocenters. The molecule has 0 saturated carbocycles. The number of rotatable bonds is 4. The molecule has 1 heterocycles. The van der Waals surface area contributed by atoms with Crippen molar-refractivity contribution in [3.8, 4) is 0 Å². The number of hydrogen-bond donors (Lipinski definition) is 2. The molecule has 3 heteroatoms. The molecule has 1 aliphatic heterocycles. The Morgan fingerprint density at radius 3 is 2.36 bits per heavy atom. The molecule has 0 bridgehead atoms. The summed E-state index contributed by atoms with van der Waals surface area (Å²) in [6, 6.07) is 0. The highest BCUT2D eigenvalue weighted by Crippen LogP contribution is 2.17. The first-order valence-electron chi connectivity index (χ1n) is 4.10. The van der Waals surface area contributed by atoms with Gasteiger partial charge in [0.05, 0.1) is 5.66 Å². The van der Waals surface area contributed by atoms with Gasteiger partial charge in [0, 0.05) is 12.3 Å². The Hall–Kier alpha value is -0.410. The van der Waals surface area contributed by atoms with Crippen molar-refractivity contribution in [1.29, 1.82) is 0 Å². The summed E-state index contributed by atoms with van der Waals surface area (Å²) in [4.78, 5) is 11.2. The summed E-state index contributed by atoms with van der Waals surface area (Å²) in [5.74, 6) is 0.527. The predicted molar refractivity (Wildman–Crippen MR) is 43.8 cm³/mol. The van der Waals surface area contributed by atoms with E-state index in [9.17, 15) is 4.79 Å². The molecule has 0 atom stereocenters. The van der Waals surface area contributed by atoms with Crippen LogP contribution in [0, 0.1) is 5.92 Å². The molecule has 1 fully saturated rings. The lowest BCUT2D eigenvalue weighted by Gasteiger charge is -2.05. The monoisotopic (exact) mass is 156 g/mol. The van der Waals surface area contributed by atoms with Crippen LogP contribution >= 0.6 is 0 Å². The van der Waals surface area contributed by atoms with E-state index in [1.54, 1.807) is 0 Å². The molecule has 0 amide bonds. The molecule has 11 heavy (non-hydrogen) atoms. The van der Waals surface area contributed by atoms with Gasteiger partial charge < -0.3 is 0 Å². The van der Waals surface area contributed by atoms with Crippen LogP contribution in [0.4, 0.5) is 0 Å². The third-order valence-corrected chi connectivity index (χ3v) is 2.07. The Morgan fingerprint density at radius 2 is 2.00 bits per heavy atom. The highest BCUT2D eigenvalue weighted by molar-refractivity contribution is 5.80. The lowest BCUT2D eigenvalue weighted by atomic mass is 10.0. The first-order chi connectivity index (χ1) is 5.03. The Labute approximate surface area is 67.5 Å². The number of carbonyl (C=O) groups excluding carboxylic acids is 1. The van der Waals surface area contributed by atoms with Crippen LogP contribution in [-0.4, -0.2) is 11.4 Å². The molecule has 1 rings (SSSR count). The van der Waals surface area contributed by atoms with Crippen LogP contribution in [0.15, 0.2) is 0 Å². The second-order valence-electron chi connectivity index (χ2n) is 3.70. The standard InChI is InChI=1S/C8H16N2O/c1-6(2)7(11)4-5-8(3)9-10-8/h6,9-10H,4-5H2,1-3H3. The molecule has 0 spiro atoms. The van der Waals surface area contributed by atoms with Gasteiger partial charge in [-0.05, 0) is 13.3 Å². The van der Waals surface area contributed by atoms with E-state index in [2.05, 4.69) is 17.8 Å². The van der Waals surface area contributed by atoms with Crippen molar-refractivity contribution in [3.05, 3.63) is 0 Å². The molecule has 3 nitrogen and oxygen atoms in total. The van der Waals surface area contributed by atoms with E-state index in [1.807, 2.05) is 13.8 Å². The quantitative estimate of drug-likeness (QED) is 0.592. The van der Waals surface area contributed by atoms with Gasteiger partial charge in [-0.2, -0.15) is 0 Å². The summed E-state index contributed by atoms with van der Waals surface area (Å²) >= 11 is 0. The molecule has 64 valence electrons. The fourth-order valence-electron chi connectivity index (χ4n) is 0.894. The van der Waals surface area contributed by atoms with E-state index >= 15 is 0 Å². The number of hydrogen-bond acceptors (Lipinski definition) is 3. The molecule has 0 aromatic rings. The van der Waals surface area contributed by atoms with E-state index in [-0.39, 0.29) is 11.6 Å². The van der Waals surface area contributed by atoms with Gasteiger partial charge in [0.15, 0.2) is 0 Å². The Balaban J connectivity index is 2.16. The zero-order valence-electron chi connectivity index (χ0n) is 7.40. The number of hydrazine groups is 1. The van der Waals surface area contributed by atoms with Crippen molar-refractivity contribution in [2.45, 2.75) is 39.3 Å². The first kappa shape index (κ1) is 8.68. The number of ketones is 1. The Bertz CT molecular complexity index is 161. The van der Waals surface area contributed by atoms with Gasteiger partial charge in [0.25, 0.3) is 0 Å². The van der Waals surface area contributed by atoms with Crippen molar-refractivity contribution in [3.63, 3.8) is 0 Å². The maximum Gasteiger partial charge on any atom is 0.135 e. The van der Waals surface area contributed by atoms with E-state index in [0.29, 0.717) is 12.2 Å². The minimum Gasteiger partial charge on any atom is -0.299 e. The SMILES string of the molecule is CC(C)C(=O)CCC1(C)NN1. The van der Waals surface area contributed by atoms with Gasteiger partial charge in [-0.25, -0.2) is 10.9 Å². The molecular weight excluding hydrogens is 140 g/mol. The Morgan fingerprint density at radius 1 is 1.45 bits per heavy atom. The summed E-state index contributed by atoms with van der Waals surface area (Å²) < 4.78 is 0. The van der Waals surface area contributed by atoms with Crippen molar-refractivity contribution < 1.29 is 4.79 Å². The molecule has 0 aromatic carbocycles. The van der Waals surface area contributed by atoms with Crippen molar-refractivity contribution in [2.75, 3.05) is 0 Å². The highest BCUT2D eigenvalue weighted by atomic mass is 16.1. The molecular formula is C8H16N2O. The van der Waals surface area contributed by atoms with E-state index in [4.69, 9.17) is 0 Å². The van der Waals surface area contributed by atoms with Crippen molar-refractivity contribution in [2.24, 2.45) is 5.92 Å². The maximum absolute atomic E-state index is 11.2. The normalized spacial score (nSPS) is 20.4. The molecule has 0 aliphatic carbocycles. The summed E-state index contributed by atoms with van der Waals surface area (Å²) in [5, 5.41) is 0. The van der Waals surface area contributed by atoms with Crippen molar-refractivity contribution in [1.82, 2.24) is 10.9 Å². The highest BCUT2D eigenvalue weighted by Gasteiger charge is 2.35. The number of carbonyl (C=O) groups is 1. The minimum absolute atomic E-state index is 0.0462. The fourth-order valence-corrected chi connectivity index (χ4v) is 0.894. The van der Waals surface area contributed by atoms with E-state index < -0.39 is 0 Å². The number of Topliss-reactive ketones (excluding diaryl/α,β-unsaturated/α-hetero) is 1. The zero-order chi connectivity index (χ0) is 8.48. The van der Waals surface area contributed by atoms with Gasteiger partial charge in [-0.15, -0.1) is 0 Å². The summed E-state index contributed by atoms with van der Waals surface area (Å²) in [6.45, 7) is 5.94. The van der Waals surface area contributed by atoms with Crippen LogP contribution in [0.5, 0.6) is 0 Å². The van der Waals surface area contributed by atoms with E-state index in [1.165, 1.54) is 0 Å². The molecule has 0 aromatic heterocycles. The second-order valence-corrected chi connectivity index (χ2v) is 3.70. The molecule has 1 saturated heterocycles. The first-order valence-corrected chi connectivity index (χ1v) is 4.10. The summed E-state index contributed by atoms with van der Waals surface area (Å²) in [5.41, 5.74) is 6.05. The van der Waals surface area contributed by atoms with E-state index in [0.717, 1.165) is 6.42 Å². The topological polar surface area (TPSA) is 61.0 Å². The molecule has 1 aliphatic rings. The maximum atomic E-state index is 11.2. The molecule has 0 radical (unpaired) electrons. The number of nitrogens with one attached hydrogen (secondary N) is 2. The zero-order valence-corrected chi connectivity index (χ0v) is 7.40. The largest absolute Gasteiger partial charge is 0.299 e. The third kappa shape index (κ3) is 2.60. The van der Waals surface area contributed by atoms with Crippen LogP contribution in [-0.2, 0) is 4.79 Å². The fraction of sp³-hybridized carbons (Fsp3) is 0.875. The van der Waals surface area contributed by atoms with Crippen LogP contribution in [0.2, 0.25) is 0 Å². The van der Waals surface area contributed by atoms with Crippen LogP contribution in [0.25, 0.3) is 0 Å². The Kier molecular flexibility index (Phi) is 2.30. The van der Waals surface area contributed by atoms with Gasteiger partial charge >= 0.3 is 0 Å². The van der Waals surface area contributed by atoms with Crippen LogP contribution in [0.3, 0.4) is 0 Å². The minimum atomic E-state index is 0.0462. The van der Waals surface area contributed by atoms with Crippen LogP contribution < -0.4 is 10.9 Å². The van der Waals surface area contributed by atoms with Crippen LogP contribution in [0.1, 0.15) is 33.6 Å². The average molecular weight is 156 g/mol. The van der Waals surface area contributed by atoms with Gasteiger partial charge in [0.1, 0.15) is 5.78 Å².